The number of hydrogen-bond acceptors (Lipinski definition) is 3. The lowest BCUT2D eigenvalue weighted by molar-refractivity contribution is -0.184. The Kier molecular flexibility index (Phi) is 3.79. The predicted octanol–water partition coefficient (Wildman–Crippen LogP) is 0.119. The van der Waals surface area contributed by atoms with Gasteiger partial charge in [-0.3, -0.25) is 9.59 Å². The number of alkyl halides is 1. The van der Waals surface area contributed by atoms with Gasteiger partial charge in [0, 0.05) is 6.92 Å². The van der Waals surface area contributed by atoms with Gasteiger partial charge in [0.15, 0.2) is 0 Å². The summed E-state index contributed by atoms with van der Waals surface area (Å²) in [6.45, 7) is 1.18. The van der Waals surface area contributed by atoms with Crippen LogP contribution in [0.3, 0.4) is 0 Å². The topological polar surface area (TPSA) is 46.6 Å². The number of carbonyl (C=O) groups is 2. The molecule has 0 aliphatic heterocycles. The minimum atomic E-state index is -0.567. The zero-order valence-corrected chi connectivity index (χ0v) is 5.59. The second kappa shape index (κ2) is 4.14. The van der Waals surface area contributed by atoms with Gasteiger partial charge in [0.1, 0.15) is 6.00 Å². The van der Waals surface area contributed by atoms with Crippen molar-refractivity contribution in [2.24, 2.45) is 0 Å². The Labute approximate surface area is 57.3 Å². The summed E-state index contributed by atoms with van der Waals surface area (Å²) in [5.74, 6) is -0.567. The molecule has 4 nitrogen and oxygen atoms in total. The smallest absolute Gasteiger partial charge is 0.329 e. The molecule has 0 aromatic carbocycles. The minimum Gasteiger partial charge on any atom is -0.338 e. The van der Waals surface area contributed by atoms with Gasteiger partial charge in [-0.15, -0.1) is 0 Å². The van der Waals surface area contributed by atoms with E-state index in [9.17, 15) is 9.59 Å². The maximum absolute atomic E-state index is 10.1. The van der Waals surface area contributed by atoms with Crippen molar-refractivity contribution in [3.8, 4) is 0 Å². The summed E-state index contributed by atoms with van der Waals surface area (Å²) in [4.78, 5) is 24.2. The average Bonchev–Trinajstić information content (AvgIpc) is 1.82. The summed E-state index contributed by atoms with van der Waals surface area (Å²) in [6.07, 6.45) is 0.328. The monoisotopic (exact) mass is 151 g/mol. The molecular formula is C4H6ClNO3. The van der Waals surface area contributed by atoms with Gasteiger partial charge < -0.3 is 4.84 Å². The zero-order chi connectivity index (χ0) is 7.28. The van der Waals surface area contributed by atoms with Gasteiger partial charge in [0.2, 0.25) is 6.41 Å². The number of carbonyl (C=O) groups excluding carboxylic acids is 2. The predicted molar refractivity (Wildman–Crippen MR) is 30.4 cm³/mol. The van der Waals surface area contributed by atoms with Crippen LogP contribution >= 0.6 is 11.6 Å². The molecule has 0 fully saturated rings. The molecule has 0 bridgehead atoms. The summed E-state index contributed by atoms with van der Waals surface area (Å²) >= 11 is 5.13. The van der Waals surface area contributed by atoms with Crippen LogP contribution in [0.5, 0.6) is 0 Å². The summed E-state index contributed by atoms with van der Waals surface area (Å²) in [5, 5.41) is 0.684. The van der Waals surface area contributed by atoms with Crippen molar-refractivity contribution in [1.82, 2.24) is 5.06 Å². The molecule has 0 saturated heterocycles. The van der Waals surface area contributed by atoms with E-state index in [-0.39, 0.29) is 6.00 Å². The van der Waals surface area contributed by atoms with Gasteiger partial charge >= 0.3 is 5.97 Å². The second-order valence-electron chi connectivity index (χ2n) is 1.22. The number of hydrogen-bond donors (Lipinski definition) is 0. The van der Waals surface area contributed by atoms with E-state index in [2.05, 4.69) is 4.84 Å². The molecule has 0 heterocycles. The highest BCUT2D eigenvalue weighted by molar-refractivity contribution is 6.18. The molecule has 0 saturated carbocycles. The summed E-state index contributed by atoms with van der Waals surface area (Å²) in [7, 11) is 0. The number of hydroxylamine groups is 2. The lowest BCUT2D eigenvalue weighted by atomic mass is 10.8. The van der Waals surface area contributed by atoms with Crippen molar-refractivity contribution in [2.45, 2.75) is 6.92 Å². The van der Waals surface area contributed by atoms with Crippen LogP contribution in [-0.2, 0) is 14.4 Å². The minimum absolute atomic E-state index is 0.150. The average molecular weight is 152 g/mol. The van der Waals surface area contributed by atoms with Gasteiger partial charge in [0.25, 0.3) is 0 Å². The first-order chi connectivity index (χ1) is 4.20. The molecule has 52 valence electrons. The van der Waals surface area contributed by atoms with Crippen molar-refractivity contribution >= 4 is 24.0 Å². The molecule has 0 spiro atoms. The van der Waals surface area contributed by atoms with Crippen LogP contribution in [-0.4, -0.2) is 23.4 Å². The van der Waals surface area contributed by atoms with E-state index >= 15 is 0 Å². The summed E-state index contributed by atoms with van der Waals surface area (Å²) in [6, 6.07) is -0.150. The largest absolute Gasteiger partial charge is 0.338 e. The maximum atomic E-state index is 10.1. The molecule has 5 heteroatoms. The Balaban J connectivity index is 3.55. The Morgan fingerprint density at radius 2 is 2.44 bits per heavy atom. The van der Waals surface area contributed by atoms with Gasteiger partial charge in [-0.05, 0) is 0 Å². The van der Waals surface area contributed by atoms with Crippen molar-refractivity contribution in [2.75, 3.05) is 6.00 Å². The molecule has 0 aromatic rings. The highest BCUT2D eigenvalue weighted by Gasteiger charge is 2.00. The molecule has 0 aromatic heterocycles. The van der Waals surface area contributed by atoms with Gasteiger partial charge in [-0.2, -0.15) is 5.06 Å². The van der Waals surface area contributed by atoms with E-state index in [1.54, 1.807) is 0 Å². The first-order valence-electron chi connectivity index (χ1n) is 2.17. The van der Waals surface area contributed by atoms with E-state index in [4.69, 9.17) is 11.6 Å². The van der Waals surface area contributed by atoms with Crippen LogP contribution in [0.1, 0.15) is 6.92 Å². The Hall–Kier alpha value is -0.770. The maximum Gasteiger partial charge on any atom is 0.329 e. The Morgan fingerprint density at radius 3 is 2.56 bits per heavy atom. The van der Waals surface area contributed by atoms with E-state index in [1.807, 2.05) is 0 Å². The van der Waals surface area contributed by atoms with Gasteiger partial charge in [-0.1, -0.05) is 11.6 Å². The molecular weight excluding hydrogens is 146 g/mol. The van der Waals surface area contributed by atoms with Crippen molar-refractivity contribution in [1.29, 1.82) is 0 Å². The van der Waals surface area contributed by atoms with Crippen LogP contribution < -0.4 is 0 Å². The normalized spacial score (nSPS) is 8.22. The fraction of sp³-hybridized carbons (Fsp3) is 0.500. The lowest BCUT2D eigenvalue weighted by Crippen LogP contribution is -2.22. The SMILES string of the molecule is CC(=O)ON(C=O)CCl. The number of amides is 1. The molecule has 0 unspecified atom stereocenters. The van der Waals surface area contributed by atoms with E-state index < -0.39 is 5.97 Å². The van der Waals surface area contributed by atoms with Crippen molar-refractivity contribution in [3.63, 3.8) is 0 Å². The second-order valence-corrected chi connectivity index (χ2v) is 1.46. The molecule has 0 aliphatic rings. The van der Waals surface area contributed by atoms with Crippen LogP contribution in [0.2, 0.25) is 0 Å². The van der Waals surface area contributed by atoms with Crippen molar-refractivity contribution in [3.05, 3.63) is 0 Å². The molecule has 0 N–H and O–H groups in total. The third-order valence-electron chi connectivity index (χ3n) is 0.481. The molecule has 1 amide bonds. The van der Waals surface area contributed by atoms with E-state index in [0.29, 0.717) is 11.5 Å². The third-order valence-corrected chi connectivity index (χ3v) is 0.717. The summed E-state index contributed by atoms with van der Waals surface area (Å²) < 4.78 is 0. The molecule has 9 heavy (non-hydrogen) atoms. The Bertz CT molecular complexity index is 116. The first kappa shape index (κ1) is 8.23. The zero-order valence-electron chi connectivity index (χ0n) is 4.83. The lowest BCUT2D eigenvalue weighted by Gasteiger charge is -2.09. The third kappa shape index (κ3) is 3.78. The fourth-order valence-electron chi connectivity index (χ4n) is 0.239. The number of halogens is 1. The van der Waals surface area contributed by atoms with Crippen LogP contribution in [0.4, 0.5) is 0 Å². The van der Waals surface area contributed by atoms with E-state index in [1.165, 1.54) is 6.92 Å². The Morgan fingerprint density at radius 1 is 1.89 bits per heavy atom. The van der Waals surface area contributed by atoms with Gasteiger partial charge in [-0.25, -0.2) is 0 Å². The first-order valence-corrected chi connectivity index (χ1v) is 2.70. The molecule has 0 atom stereocenters. The number of rotatable bonds is 3. The standard InChI is InChI=1S/C4H6ClNO3/c1-4(8)9-6(2-5)3-7/h3H,2H2,1H3. The van der Waals surface area contributed by atoms with Crippen molar-refractivity contribution < 1.29 is 14.4 Å². The molecule has 0 rings (SSSR count). The quantitative estimate of drug-likeness (QED) is 0.249. The van der Waals surface area contributed by atoms with Crippen LogP contribution in [0.15, 0.2) is 0 Å². The van der Waals surface area contributed by atoms with E-state index in [0.717, 1.165) is 0 Å². The van der Waals surface area contributed by atoms with Gasteiger partial charge in [0.05, 0.1) is 0 Å². The highest BCUT2D eigenvalue weighted by atomic mass is 35.5. The molecule has 0 aliphatic carbocycles. The fourth-order valence-corrected chi connectivity index (χ4v) is 0.344. The number of nitrogens with zero attached hydrogens (tertiary/aromatic N) is 1. The molecule has 0 radical (unpaired) electrons. The highest BCUT2D eigenvalue weighted by Crippen LogP contribution is 1.87. The van der Waals surface area contributed by atoms with Crippen LogP contribution in [0.25, 0.3) is 0 Å². The van der Waals surface area contributed by atoms with Crippen LogP contribution in [0, 0.1) is 0 Å². The summed E-state index contributed by atoms with van der Waals surface area (Å²) in [5.41, 5.74) is 0.